The Hall–Kier alpha value is -10.9. The van der Waals surface area contributed by atoms with Gasteiger partial charge in [0, 0.05) is 0 Å². The van der Waals surface area contributed by atoms with E-state index in [1.807, 2.05) is 0 Å². The predicted molar refractivity (Wildman–Crippen MR) is 489 cm³/mol. The standard InChI is InChI=1S/2C22H19.2C21H17.2C13H10.2ClH.2Zr/c2*1-15(2)18-13-17-9-6-12-21(22(17)14-18)20-11-5-8-16-7-3-4-10-19(16)20;2*1-14-12-20-15(2)10-11-19(21(20)13-14)18-9-5-7-16-6-3-4-8-17(16)18;2*1-3-7-12(8-4-1)11-13-9-5-2-6-10-13;;;;/h2*3-15H,1-2H3;2*3-13H,1-2H3;2*1-10H;2*1H;;/q4*-1;;;;;2*+2/p-2. The molecule has 0 saturated heterocycles. The molecule has 0 amide bonds. The van der Waals surface area contributed by atoms with Gasteiger partial charge in [-0.3, -0.25) is 0 Å². The zero-order chi connectivity index (χ0) is 78.6. The van der Waals surface area contributed by atoms with Gasteiger partial charge < -0.3 is 24.8 Å². The molecule has 0 bridgehead atoms. The van der Waals surface area contributed by atoms with E-state index >= 15 is 0 Å². The van der Waals surface area contributed by atoms with E-state index in [1.54, 1.807) is 0 Å². The Labute approximate surface area is 726 Å². The van der Waals surface area contributed by atoms with Gasteiger partial charge in [-0.05, 0) is 77.2 Å². The summed E-state index contributed by atoms with van der Waals surface area (Å²) in [7, 11) is 0. The molecule has 0 aliphatic heterocycles. The van der Waals surface area contributed by atoms with Crippen molar-refractivity contribution in [1.82, 2.24) is 0 Å². The molecule has 0 nitrogen and oxygen atoms in total. The molecule has 20 aromatic rings. The van der Waals surface area contributed by atoms with Gasteiger partial charge in [0.25, 0.3) is 0 Å². The van der Waals surface area contributed by atoms with Crippen molar-refractivity contribution < 1.29 is 73.3 Å². The number of fused-ring (bicyclic) bond motifs is 8. The first-order valence-corrected chi connectivity index (χ1v) is 42.2. The Morgan fingerprint density at radius 1 is 0.224 bits per heavy atom. The first kappa shape index (κ1) is 83.0. The van der Waals surface area contributed by atoms with Crippen LogP contribution in [-0.4, -0.2) is 6.41 Å². The van der Waals surface area contributed by atoms with Crippen LogP contribution in [0.4, 0.5) is 0 Å². The Kier molecular flexibility index (Phi) is 27.7. The molecule has 20 rings (SSSR count). The summed E-state index contributed by atoms with van der Waals surface area (Å²) in [4.78, 5) is 0. The van der Waals surface area contributed by atoms with Crippen LogP contribution in [-0.2, 0) is 48.5 Å². The van der Waals surface area contributed by atoms with Crippen LogP contribution in [0.15, 0.2) is 400 Å². The molecule has 20 aromatic carbocycles. The molecule has 0 heterocycles. The quantitative estimate of drug-likeness (QED) is 0.120. The van der Waals surface area contributed by atoms with Crippen molar-refractivity contribution >= 4 is 92.6 Å². The summed E-state index contributed by atoms with van der Waals surface area (Å²) in [5, 5.41) is 21.4. The van der Waals surface area contributed by atoms with Gasteiger partial charge in [-0.15, -0.1) is 137 Å². The van der Waals surface area contributed by atoms with Gasteiger partial charge >= 0.3 is 198 Å². The average Bonchev–Trinajstić information content (AvgIpc) is 1.54. The van der Waals surface area contributed by atoms with E-state index in [0.717, 1.165) is 0 Å². The summed E-state index contributed by atoms with van der Waals surface area (Å²) in [6, 6.07) is 144. The number of hydrogen-bond acceptors (Lipinski definition) is 0. The van der Waals surface area contributed by atoms with Gasteiger partial charge in [0.1, 0.15) is 0 Å². The second-order valence-electron chi connectivity index (χ2n) is 30.4. The van der Waals surface area contributed by atoms with Crippen molar-refractivity contribution in [2.45, 2.75) is 67.2 Å². The number of benzene rings is 16. The Bertz CT molecular complexity index is 6230. The van der Waals surface area contributed by atoms with Crippen LogP contribution >= 0.6 is 0 Å². The average molecular weight is 1690 g/mol. The first-order valence-electron chi connectivity index (χ1n) is 39.7. The van der Waals surface area contributed by atoms with E-state index in [0.29, 0.717) is 11.8 Å². The van der Waals surface area contributed by atoms with Gasteiger partial charge in [-0.1, -0.05) is 272 Å². The van der Waals surface area contributed by atoms with E-state index in [4.69, 9.17) is 0 Å². The third-order valence-corrected chi connectivity index (χ3v) is 24.8. The zero-order valence-electron chi connectivity index (χ0n) is 67.0. The van der Waals surface area contributed by atoms with Crippen molar-refractivity contribution in [3.8, 4) is 44.5 Å². The molecule has 0 unspecified atom stereocenters. The van der Waals surface area contributed by atoms with E-state index in [9.17, 15) is 0 Å². The van der Waals surface area contributed by atoms with Gasteiger partial charge in [0.2, 0.25) is 0 Å². The second-order valence-corrected chi connectivity index (χ2v) is 32.9. The fourth-order valence-electron chi connectivity index (χ4n) is 15.9. The van der Waals surface area contributed by atoms with Crippen LogP contribution in [0.25, 0.3) is 131 Å². The summed E-state index contributed by atoms with van der Waals surface area (Å²) in [5.41, 5.74) is 24.2. The van der Waals surface area contributed by atoms with Gasteiger partial charge in [0.05, 0.1) is 0 Å². The zero-order valence-corrected chi connectivity index (χ0v) is 73.4. The van der Waals surface area contributed by atoms with Gasteiger partial charge in [0.15, 0.2) is 0 Å². The molecule has 0 radical (unpaired) electrons. The van der Waals surface area contributed by atoms with Crippen LogP contribution < -0.4 is 24.8 Å². The number of hydrogen-bond donors (Lipinski definition) is 0. The Morgan fingerprint density at radius 3 is 0.733 bits per heavy atom. The van der Waals surface area contributed by atoms with E-state index in [1.165, 1.54) is 241 Å². The van der Waals surface area contributed by atoms with Gasteiger partial charge in [-0.2, -0.15) is 24.3 Å². The fraction of sp³-hybridized carbons (Fsp3) is 0.0893. The molecule has 0 spiro atoms. The molecule has 0 N–H and O–H groups in total. The molecule has 4 heteroatoms. The minimum absolute atomic E-state index is 0. The van der Waals surface area contributed by atoms with E-state index in [2.05, 4.69) is 456 Å². The predicted octanol–water partition coefficient (Wildman–Crippen LogP) is 24.6. The Balaban J connectivity index is 0.000000122. The molecule has 0 aliphatic rings. The summed E-state index contributed by atoms with van der Waals surface area (Å²) in [6.07, 6.45) is 0. The molecule has 564 valence electrons. The second kappa shape index (κ2) is 38.7. The maximum atomic E-state index is 2.36. The molecule has 0 saturated carbocycles. The van der Waals surface area contributed by atoms with Crippen LogP contribution in [0.2, 0.25) is 0 Å². The van der Waals surface area contributed by atoms with Crippen molar-refractivity contribution in [3.63, 3.8) is 0 Å². The topological polar surface area (TPSA) is 0 Å². The normalized spacial score (nSPS) is 10.9. The van der Waals surface area contributed by atoms with Gasteiger partial charge in [-0.25, -0.2) is 0 Å². The maximum absolute atomic E-state index is 2.36. The summed E-state index contributed by atoms with van der Waals surface area (Å²) < 4.78 is 2.83. The SMILES string of the molecule is CC(C)c1cc2c(-c3cccc4ccccc34)cccc2[cH-]1.CC(C)c1cc2c(-c3cccc4ccccc34)cccc2[cH-]1.Cc1cc2c(-c3cccc4ccccc34)ccc(C)c2[cH-]1.Cc1cc2c(-c3cccc4ccccc34)ccc(C)c2[cH-]1.[Cl-].[Cl-].[Zr+2]=[C](c1ccccc1)c1ccccc1.[Zr+2]=[C](c1ccccc1)c1ccccc1. The van der Waals surface area contributed by atoms with Crippen LogP contribution in [0, 0.1) is 27.7 Å². The molecule has 0 aromatic heterocycles. The third-order valence-electron chi connectivity index (χ3n) is 21.9. The monoisotopic (exact) mass is 1690 g/mol. The molecular formula is C112H92Cl2Zr2-2. The molecule has 0 aliphatic carbocycles. The minimum atomic E-state index is 0. The van der Waals surface area contributed by atoms with E-state index < -0.39 is 0 Å². The summed E-state index contributed by atoms with van der Waals surface area (Å²) >= 11 is 2.92. The van der Waals surface area contributed by atoms with Crippen molar-refractivity contribution in [2.24, 2.45) is 0 Å². The van der Waals surface area contributed by atoms with Crippen molar-refractivity contribution in [1.29, 1.82) is 0 Å². The Morgan fingerprint density at radius 2 is 0.457 bits per heavy atom. The number of halogens is 2. The van der Waals surface area contributed by atoms with Crippen LogP contribution in [0.1, 0.15) is 95.2 Å². The number of rotatable bonds is 10. The van der Waals surface area contributed by atoms with Crippen molar-refractivity contribution in [2.75, 3.05) is 0 Å². The van der Waals surface area contributed by atoms with Crippen LogP contribution in [0.5, 0.6) is 0 Å². The molecule has 0 atom stereocenters. The summed E-state index contributed by atoms with van der Waals surface area (Å²) in [6.45, 7) is 17.7. The van der Waals surface area contributed by atoms with Crippen molar-refractivity contribution in [3.05, 3.63) is 456 Å². The summed E-state index contributed by atoms with van der Waals surface area (Å²) in [5.74, 6) is 1.13. The number of aryl methyl sites for hydroxylation is 4. The molecule has 0 fully saturated rings. The fourth-order valence-corrected chi connectivity index (χ4v) is 17.5. The molecule has 116 heavy (non-hydrogen) atoms. The third kappa shape index (κ3) is 18.8. The first-order chi connectivity index (χ1) is 55.7. The van der Waals surface area contributed by atoms with E-state index in [-0.39, 0.29) is 24.8 Å². The van der Waals surface area contributed by atoms with Crippen LogP contribution in [0.3, 0.4) is 0 Å². The molecular weight excluding hydrogens is 1600 g/mol.